The van der Waals surface area contributed by atoms with Gasteiger partial charge >= 0.3 is 0 Å². The van der Waals surface area contributed by atoms with Gasteiger partial charge in [0.15, 0.2) is 0 Å². The van der Waals surface area contributed by atoms with Gasteiger partial charge in [-0.05, 0) is 24.0 Å². The summed E-state index contributed by atoms with van der Waals surface area (Å²) < 4.78 is 1.28. The number of benzene rings is 2. The maximum atomic E-state index is 5.52. The molecule has 0 bridgehead atoms. The monoisotopic (exact) mass is 418 g/mol. The number of nitrogens with zero attached hydrogens (tertiary/aromatic N) is 2. The average molecular weight is 419 g/mol. The molecule has 0 saturated carbocycles. The van der Waals surface area contributed by atoms with Gasteiger partial charge in [-0.2, -0.15) is 0 Å². The summed E-state index contributed by atoms with van der Waals surface area (Å²) in [7, 11) is 0. The quantitative estimate of drug-likeness (QED) is 0.566. The van der Waals surface area contributed by atoms with Gasteiger partial charge in [-0.1, -0.05) is 85.1 Å². The molecule has 2 aromatic rings. The zero-order chi connectivity index (χ0) is 18.6. The lowest BCUT2D eigenvalue weighted by atomic mass is 9.81. The van der Waals surface area contributed by atoms with Crippen LogP contribution in [0.2, 0.25) is 0 Å². The van der Waals surface area contributed by atoms with Crippen LogP contribution in [0.4, 0.5) is 0 Å². The van der Waals surface area contributed by atoms with E-state index in [0.29, 0.717) is 8.64 Å². The van der Waals surface area contributed by atoms with Gasteiger partial charge in [-0.25, -0.2) is 0 Å². The minimum atomic E-state index is -0.216. The second-order valence-electron chi connectivity index (χ2n) is 6.69. The van der Waals surface area contributed by atoms with Gasteiger partial charge in [0.05, 0.1) is 5.54 Å². The predicted molar refractivity (Wildman–Crippen MR) is 124 cm³/mol. The molecule has 6 heteroatoms. The van der Waals surface area contributed by atoms with Crippen LogP contribution in [0.25, 0.3) is 0 Å². The van der Waals surface area contributed by atoms with Crippen LogP contribution < -0.4 is 0 Å². The highest BCUT2D eigenvalue weighted by molar-refractivity contribution is 8.11. The molecule has 1 saturated heterocycles. The Kier molecular flexibility index (Phi) is 6.61. The molecule has 1 aliphatic heterocycles. The summed E-state index contributed by atoms with van der Waals surface area (Å²) in [5.41, 5.74) is 2.35. The molecule has 0 aromatic heterocycles. The first-order chi connectivity index (χ1) is 12.5. The van der Waals surface area contributed by atoms with Crippen LogP contribution in [0, 0.1) is 0 Å². The molecular formula is C20H22N2S4. The number of hydrogen-bond donors (Lipinski definition) is 2. The van der Waals surface area contributed by atoms with E-state index in [1.807, 2.05) is 12.1 Å². The average Bonchev–Trinajstić information content (AvgIpc) is 2.63. The highest BCUT2D eigenvalue weighted by Gasteiger charge is 2.42. The molecule has 26 heavy (non-hydrogen) atoms. The van der Waals surface area contributed by atoms with Crippen LogP contribution >= 0.6 is 49.7 Å². The molecule has 0 N–H and O–H groups in total. The fourth-order valence-electron chi connectivity index (χ4n) is 3.76. The van der Waals surface area contributed by atoms with E-state index >= 15 is 0 Å². The van der Waals surface area contributed by atoms with Crippen molar-refractivity contribution in [2.45, 2.75) is 18.4 Å². The number of rotatable bonds is 4. The number of hydrogen-bond acceptors (Lipinski definition) is 2. The predicted octanol–water partition coefficient (Wildman–Crippen LogP) is 4.26. The van der Waals surface area contributed by atoms with E-state index in [2.05, 4.69) is 83.6 Å². The van der Waals surface area contributed by atoms with E-state index < -0.39 is 0 Å². The lowest BCUT2D eigenvalue weighted by molar-refractivity contribution is 0.0897. The molecule has 0 radical (unpaired) electrons. The Morgan fingerprint density at radius 2 is 1.31 bits per heavy atom. The number of piperazine rings is 1. The largest absolute Gasteiger partial charge is 0.354 e. The van der Waals surface area contributed by atoms with Gasteiger partial charge in [0.25, 0.3) is 0 Å². The maximum absolute atomic E-state index is 5.52. The van der Waals surface area contributed by atoms with Gasteiger partial charge in [0.2, 0.25) is 0 Å². The Morgan fingerprint density at radius 3 is 1.73 bits per heavy atom. The smallest absolute Gasteiger partial charge is 0.133 e. The van der Waals surface area contributed by atoms with Crippen molar-refractivity contribution >= 4 is 58.3 Å². The zero-order valence-electron chi connectivity index (χ0n) is 14.4. The summed E-state index contributed by atoms with van der Waals surface area (Å²) in [5.74, 6) is 0. The molecule has 1 heterocycles. The van der Waals surface area contributed by atoms with Crippen molar-refractivity contribution in [1.29, 1.82) is 0 Å². The fourth-order valence-corrected chi connectivity index (χ4v) is 4.68. The molecule has 2 nitrogen and oxygen atoms in total. The Balaban J connectivity index is 2.02. The lowest BCUT2D eigenvalue weighted by Gasteiger charge is -2.52. The van der Waals surface area contributed by atoms with Crippen LogP contribution in [-0.2, 0) is 12.8 Å². The van der Waals surface area contributed by atoms with Crippen LogP contribution in [0.1, 0.15) is 11.1 Å². The second-order valence-corrected chi connectivity index (χ2v) is 8.91. The summed E-state index contributed by atoms with van der Waals surface area (Å²) in [5, 5.41) is 0. The van der Waals surface area contributed by atoms with Crippen molar-refractivity contribution in [3.05, 3.63) is 71.8 Å². The minimum absolute atomic E-state index is 0.216. The third kappa shape index (κ3) is 4.60. The van der Waals surface area contributed by atoms with E-state index in [0.717, 1.165) is 32.5 Å². The highest BCUT2D eigenvalue weighted by atomic mass is 32.1. The molecule has 136 valence electrons. The number of thiol groups is 2. The molecule has 0 amide bonds. The summed E-state index contributed by atoms with van der Waals surface area (Å²) in [6.07, 6.45) is 1.74. The SMILES string of the molecule is S=C(S)N1CCN(C(=S)S)C(Cc2ccccc2)(Cc2ccccc2)C1. The number of thiocarbonyl (C=S) groups is 2. The second kappa shape index (κ2) is 8.74. The Labute approximate surface area is 177 Å². The van der Waals surface area contributed by atoms with E-state index in [-0.39, 0.29) is 5.54 Å². The lowest BCUT2D eigenvalue weighted by Crippen LogP contribution is -2.65. The van der Waals surface area contributed by atoms with Gasteiger partial charge < -0.3 is 9.80 Å². The zero-order valence-corrected chi connectivity index (χ0v) is 17.8. The van der Waals surface area contributed by atoms with Gasteiger partial charge in [-0.3, -0.25) is 0 Å². The van der Waals surface area contributed by atoms with Crippen molar-refractivity contribution in [3.63, 3.8) is 0 Å². The summed E-state index contributed by atoms with van der Waals surface area (Å²) >= 11 is 19.9. The van der Waals surface area contributed by atoms with Gasteiger partial charge in [0.1, 0.15) is 8.64 Å². The van der Waals surface area contributed by atoms with Crippen molar-refractivity contribution in [1.82, 2.24) is 9.80 Å². The molecular weight excluding hydrogens is 397 g/mol. The molecule has 0 aliphatic carbocycles. The fraction of sp³-hybridized carbons (Fsp3) is 0.300. The molecule has 0 unspecified atom stereocenters. The van der Waals surface area contributed by atoms with Crippen molar-refractivity contribution in [2.24, 2.45) is 0 Å². The standard InChI is InChI=1S/C20H22N2S4/c23-18(24)21-11-12-22(19(25)26)20(15-21,13-16-7-3-1-4-8-16)14-17-9-5-2-6-10-17/h1-10H,11-15H2,(H,23,24)(H,25,26). The van der Waals surface area contributed by atoms with Crippen LogP contribution in [0.5, 0.6) is 0 Å². The topological polar surface area (TPSA) is 6.48 Å². The molecule has 2 aromatic carbocycles. The van der Waals surface area contributed by atoms with Crippen molar-refractivity contribution in [2.75, 3.05) is 19.6 Å². The summed E-state index contributed by atoms with van der Waals surface area (Å²) in [4.78, 5) is 4.45. The van der Waals surface area contributed by atoms with Gasteiger partial charge in [-0.15, -0.1) is 25.3 Å². The molecule has 1 aliphatic rings. The van der Waals surface area contributed by atoms with E-state index in [9.17, 15) is 0 Å². The first-order valence-corrected chi connectivity index (χ1v) is 10.3. The maximum Gasteiger partial charge on any atom is 0.133 e. The van der Waals surface area contributed by atoms with Crippen LogP contribution in [0.3, 0.4) is 0 Å². The van der Waals surface area contributed by atoms with E-state index in [1.54, 1.807) is 0 Å². The van der Waals surface area contributed by atoms with E-state index in [4.69, 9.17) is 24.4 Å². The van der Waals surface area contributed by atoms with E-state index in [1.165, 1.54) is 11.1 Å². The van der Waals surface area contributed by atoms with Crippen LogP contribution in [-0.4, -0.2) is 43.6 Å². The normalized spacial score (nSPS) is 16.4. The first kappa shape index (κ1) is 19.7. The third-order valence-electron chi connectivity index (χ3n) is 4.90. The van der Waals surface area contributed by atoms with Crippen molar-refractivity contribution < 1.29 is 0 Å². The summed E-state index contributed by atoms with van der Waals surface area (Å²) in [6.45, 7) is 2.39. The van der Waals surface area contributed by atoms with Crippen LogP contribution in [0.15, 0.2) is 60.7 Å². The highest BCUT2D eigenvalue weighted by Crippen LogP contribution is 2.32. The minimum Gasteiger partial charge on any atom is -0.354 e. The third-order valence-corrected chi connectivity index (χ3v) is 5.91. The molecule has 0 spiro atoms. The molecule has 3 rings (SSSR count). The van der Waals surface area contributed by atoms with Gasteiger partial charge in [0, 0.05) is 19.6 Å². The molecule has 1 fully saturated rings. The summed E-state index contributed by atoms with van der Waals surface area (Å²) in [6, 6.07) is 21.1. The Morgan fingerprint density at radius 1 is 0.808 bits per heavy atom. The van der Waals surface area contributed by atoms with Crippen molar-refractivity contribution in [3.8, 4) is 0 Å². The first-order valence-electron chi connectivity index (χ1n) is 8.56. The Hall–Kier alpha value is -1.08. The Bertz CT molecular complexity index is 722. The molecule has 0 atom stereocenters.